The van der Waals surface area contributed by atoms with Crippen LogP contribution in [0.1, 0.15) is 24.8 Å². The lowest BCUT2D eigenvalue weighted by Gasteiger charge is -2.24. The molecule has 0 fully saturated rings. The lowest BCUT2D eigenvalue weighted by molar-refractivity contribution is -0.108. The second-order valence-corrected chi connectivity index (χ2v) is 4.95. The van der Waals surface area contributed by atoms with Crippen molar-refractivity contribution in [1.82, 2.24) is 0 Å². The number of allylic oxidation sites excluding steroid dienone is 2. The first-order chi connectivity index (χ1) is 10.2. The Morgan fingerprint density at radius 1 is 1.14 bits per heavy atom. The predicted molar refractivity (Wildman–Crippen MR) is 79.6 cm³/mol. The monoisotopic (exact) mass is 282 g/mol. The highest BCUT2D eigenvalue weighted by molar-refractivity contribution is 5.79. The molecule has 0 N–H and O–H groups in total. The molecule has 1 aliphatic rings. The Labute approximate surface area is 122 Å². The summed E-state index contributed by atoms with van der Waals surface area (Å²) in [6.07, 6.45) is 3.40. The van der Waals surface area contributed by atoms with Crippen LogP contribution in [0.2, 0.25) is 0 Å². The summed E-state index contributed by atoms with van der Waals surface area (Å²) in [4.78, 5) is 11.5. The van der Waals surface area contributed by atoms with Crippen LogP contribution in [-0.2, 0) is 4.79 Å². The van der Waals surface area contributed by atoms with E-state index < -0.39 is 5.92 Å². The van der Waals surface area contributed by atoms with Crippen molar-refractivity contribution in [2.24, 2.45) is 0 Å². The van der Waals surface area contributed by atoms with Gasteiger partial charge in [-0.3, -0.25) is 0 Å². The van der Waals surface area contributed by atoms with Crippen molar-refractivity contribution in [1.29, 1.82) is 0 Å². The molecule has 21 heavy (non-hydrogen) atoms. The third kappa shape index (κ3) is 2.35. The molecule has 0 aromatic heterocycles. The molecule has 0 saturated carbocycles. The van der Waals surface area contributed by atoms with Crippen molar-refractivity contribution in [2.75, 3.05) is 0 Å². The van der Waals surface area contributed by atoms with Crippen LogP contribution in [0.25, 0.3) is 11.1 Å². The summed E-state index contributed by atoms with van der Waals surface area (Å²) in [5.41, 5.74) is 1.92. The molecule has 0 spiro atoms. The highest BCUT2D eigenvalue weighted by atomic mass is 19.1. The van der Waals surface area contributed by atoms with E-state index in [0.29, 0.717) is 23.3 Å². The van der Waals surface area contributed by atoms with Crippen LogP contribution in [0.4, 0.5) is 4.39 Å². The molecule has 0 aliphatic carbocycles. The van der Waals surface area contributed by atoms with Crippen molar-refractivity contribution in [3.8, 4) is 16.9 Å². The van der Waals surface area contributed by atoms with Crippen molar-refractivity contribution >= 4 is 6.29 Å². The third-order valence-electron chi connectivity index (χ3n) is 3.67. The molecule has 1 unspecified atom stereocenters. The molecule has 1 aliphatic heterocycles. The standard InChI is InChI=1S/C18H15FO2/c1-2-13-10-12(11-20)18-15(7-5-9-17(18)21-13)14-6-3-4-8-16(14)19/h3-12H,2H2,1H3. The van der Waals surface area contributed by atoms with E-state index in [4.69, 9.17) is 4.74 Å². The van der Waals surface area contributed by atoms with Crippen molar-refractivity contribution < 1.29 is 13.9 Å². The lowest BCUT2D eigenvalue weighted by atomic mass is 9.88. The molecule has 2 nitrogen and oxygen atoms in total. The van der Waals surface area contributed by atoms with Crippen LogP contribution in [0.5, 0.6) is 5.75 Å². The maximum absolute atomic E-state index is 14.1. The van der Waals surface area contributed by atoms with E-state index in [1.807, 2.05) is 25.1 Å². The fourth-order valence-electron chi connectivity index (χ4n) is 2.65. The molecule has 2 aromatic carbocycles. The minimum Gasteiger partial charge on any atom is -0.462 e. The van der Waals surface area contributed by atoms with E-state index in [0.717, 1.165) is 17.6 Å². The van der Waals surface area contributed by atoms with E-state index in [1.165, 1.54) is 6.07 Å². The summed E-state index contributed by atoms with van der Waals surface area (Å²) in [7, 11) is 0. The molecule has 0 bridgehead atoms. The minimum atomic E-state index is -0.403. The Morgan fingerprint density at radius 3 is 2.62 bits per heavy atom. The van der Waals surface area contributed by atoms with Crippen LogP contribution in [-0.4, -0.2) is 6.29 Å². The largest absolute Gasteiger partial charge is 0.462 e. The second-order valence-electron chi connectivity index (χ2n) is 4.95. The van der Waals surface area contributed by atoms with Crippen molar-refractivity contribution in [2.45, 2.75) is 19.3 Å². The van der Waals surface area contributed by atoms with Crippen molar-refractivity contribution in [3.63, 3.8) is 0 Å². The number of ether oxygens (including phenoxy) is 1. The summed E-state index contributed by atoms with van der Waals surface area (Å²) in [6, 6.07) is 12.0. The average Bonchev–Trinajstić information content (AvgIpc) is 2.53. The van der Waals surface area contributed by atoms with Gasteiger partial charge in [0.2, 0.25) is 0 Å². The van der Waals surface area contributed by atoms with Crippen molar-refractivity contribution in [3.05, 3.63) is 65.7 Å². The van der Waals surface area contributed by atoms with Crippen LogP contribution in [0.3, 0.4) is 0 Å². The number of benzene rings is 2. The van der Waals surface area contributed by atoms with Crippen LogP contribution in [0, 0.1) is 5.82 Å². The quantitative estimate of drug-likeness (QED) is 0.777. The Morgan fingerprint density at radius 2 is 1.90 bits per heavy atom. The number of rotatable bonds is 3. The fraction of sp³-hybridized carbons (Fsp3) is 0.167. The predicted octanol–water partition coefficient (Wildman–Crippen LogP) is 4.46. The van der Waals surface area contributed by atoms with Crippen LogP contribution in [0.15, 0.2) is 54.3 Å². The number of hydrogen-bond donors (Lipinski definition) is 0. The number of aldehydes is 1. The molecule has 1 heterocycles. The molecule has 106 valence electrons. The smallest absolute Gasteiger partial charge is 0.131 e. The first kappa shape index (κ1) is 13.6. The highest BCUT2D eigenvalue weighted by Gasteiger charge is 2.25. The van der Waals surface area contributed by atoms with Gasteiger partial charge < -0.3 is 9.53 Å². The first-order valence-electron chi connectivity index (χ1n) is 6.96. The van der Waals surface area contributed by atoms with E-state index in [9.17, 15) is 9.18 Å². The topological polar surface area (TPSA) is 26.3 Å². The van der Waals surface area contributed by atoms with Crippen LogP contribution >= 0.6 is 0 Å². The maximum Gasteiger partial charge on any atom is 0.131 e. The van der Waals surface area contributed by atoms with Gasteiger partial charge in [-0.1, -0.05) is 37.3 Å². The van der Waals surface area contributed by atoms with Crippen LogP contribution < -0.4 is 4.74 Å². The Balaban J connectivity index is 2.20. The second kappa shape index (κ2) is 5.52. The minimum absolute atomic E-state index is 0.305. The molecule has 3 heteroatoms. The molecular weight excluding hydrogens is 267 g/mol. The molecule has 1 atom stereocenters. The van der Waals surface area contributed by atoms with Gasteiger partial charge in [-0.2, -0.15) is 0 Å². The number of halogens is 1. The van der Waals surface area contributed by atoms with Gasteiger partial charge in [0.25, 0.3) is 0 Å². The van der Waals surface area contributed by atoms with E-state index in [1.54, 1.807) is 24.3 Å². The van der Waals surface area contributed by atoms with Gasteiger partial charge in [-0.05, 0) is 23.8 Å². The number of hydrogen-bond acceptors (Lipinski definition) is 2. The van der Waals surface area contributed by atoms with Gasteiger partial charge in [0, 0.05) is 17.5 Å². The summed E-state index contributed by atoms with van der Waals surface area (Å²) >= 11 is 0. The zero-order chi connectivity index (χ0) is 14.8. The SMILES string of the molecule is CCC1=CC(C=O)c2c(cccc2-c2ccccc2F)O1. The van der Waals surface area contributed by atoms with E-state index in [2.05, 4.69) is 0 Å². The molecule has 0 radical (unpaired) electrons. The van der Waals surface area contributed by atoms with Gasteiger partial charge >= 0.3 is 0 Å². The molecular formula is C18H15FO2. The first-order valence-corrected chi connectivity index (χ1v) is 6.96. The summed E-state index contributed by atoms with van der Waals surface area (Å²) in [5, 5.41) is 0. The molecule has 0 saturated heterocycles. The Bertz CT molecular complexity index is 719. The lowest BCUT2D eigenvalue weighted by Crippen LogP contribution is -2.11. The summed E-state index contributed by atoms with van der Waals surface area (Å²) in [6.45, 7) is 1.97. The van der Waals surface area contributed by atoms with E-state index in [-0.39, 0.29) is 5.82 Å². The number of carbonyl (C=O) groups excluding carboxylic acids is 1. The fourth-order valence-corrected chi connectivity index (χ4v) is 2.65. The van der Waals surface area contributed by atoms with Gasteiger partial charge in [-0.15, -0.1) is 0 Å². The average molecular weight is 282 g/mol. The maximum atomic E-state index is 14.1. The number of carbonyl (C=O) groups is 1. The summed E-state index contributed by atoms with van der Waals surface area (Å²) < 4.78 is 19.9. The molecule has 2 aromatic rings. The van der Waals surface area contributed by atoms with Gasteiger partial charge in [-0.25, -0.2) is 4.39 Å². The Kier molecular flexibility index (Phi) is 3.57. The zero-order valence-electron chi connectivity index (χ0n) is 11.7. The molecule has 3 rings (SSSR count). The number of fused-ring (bicyclic) bond motifs is 1. The zero-order valence-corrected chi connectivity index (χ0v) is 11.7. The molecule has 0 amide bonds. The Hall–Kier alpha value is -2.42. The normalized spacial score (nSPS) is 16.7. The van der Waals surface area contributed by atoms with Gasteiger partial charge in [0.15, 0.2) is 0 Å². The highest BCUT2D eigenvalue weighted by Crippen LogP contribution is 2.41. The van der Waals surface area contributed by atoms with Gasteiger partial charge in [0.1, 0.15) is 23.6 Å². The summed E-state index contributed by atoms with van der Waals surface area (Å²) in [5.74, 6) is 0.692. The third-order valence-corrected chi connectivity index (χ3v) is 3.67. The van der Waals surface area contributed by atoms with Gasteiger partial charge in [0.05, 0.1) is 5.92 Å². The van der Waals surface area contributed by atoms with E-state index >= 15 is 0 Å².